The zero-order valence-corrected chi connectivity index (χ0v) is 13.9. The fourth-order valence-electron chi connectivity index (χ4n) is 3.08. The molecule has 0 spiro atoms. The first-order chi connectivity index (χ1) is 10.8. The second-order valence-electron chi connectivity index (χ2n) is 5.45. The van der Waals surface area contributed by atoms with Crippen molar-refractivity contribution >= 4 is 27.5 Å². The van der Waals surface area contributed by atoms with Crippen molar-refractivity contribution < 1.29 is 13.2 Å². The Hall–Kier alpha value is -1.89. The van der Waals surface area contributed by atoms with E-state index in [2.05, 4.69) is 5.32 Å². The maximum Gasteiger partial charge on any atom is 0.252 e. The van der Waals surface area contributed by atoms with Gasteiger partial charge in [0.1, 0.15) is 4.90 Å². The van der Waals surface area contributed by atoms with Crippen molar-refractivity contribution in [2.24, 2.45) is 5.14 Å². The van der Waals surface area contributed by atoms with E-state index in [0.717, 1.165) is 5.56 Å². The molecule has 1 aliphatic rings. The van der Waals surface area contributed by atoms with Crippen molar-refractivity contribution in [1.82, 2.24) is 5.32 Å². The standard InChI is InChI=1S/C16H15ClN2O3S/c1-2-16(12-6-4-3-5-11(12)15(20)19-16)10-7-8-13(17)14(9-10)23(18,21)22/h3-9H,2H2,1H3,(H,19,20)(H2,18,21,22). The molecule has 0 saturated carbocycles. The highest BCUT2D eigenvalue weighted by Crippen LogP contribution is 2.41. The first-order valence-electron chi connectivity index (χ1n) is 7.04. The van der Waals surface area contributed by atoms with Crippen LogP contribution < -0.4 is 10.5 Å². The molecule has 1 heterocycles. The molecule has 1 aliphatic heterocycles. The number of primary sulfonamides is 1. The van der Waals surface area contributed by atoms with Crippen molar-refractivity contribution in [2.45, 2.75) is 23.8 Å². The van der Waals surface area contributed by atoms with Crippen molar-refractivity contribution in [1.29, 1.82) is 0 Å². The van der Waals surface area contributed by atoms with E-state index in [4.69, 9.17) is 16.7 Å². The summed E-state index contributed by atoms with van der Waals surface area (Å²) >= 11 is 5.96. The number of halogens is 1. The average molecular weight is 351 g/mol. The fraction of sp³-hybridized carbons (Fsp3) is 0.188. The molecule has 0 aromatic heterocycles. The molecule has 7 heteroatoms. The molecular formula is C16H15ClN2O3S. The van der Waals surface area contributed by atoms with Gasteiger partial charge in [0.05, 0.1) is 10.6 Å². The van der Waals surface area contributed by atoms with Crippen LogP contribution in [0.5, 0.6) is 0 Å². The van der Waals surface area contributed by atoms with Crippen LogP contribution in [0.15, 0.2) is 47.4 Å². The van der Waals surface area contributed by atoms with Gasteiger partial charge in [-0.15, -0.1) is 0 Å². The molecule has 23 heavy (non-hydrogen) atoms. The Kier molecular flexibility index (Phi) is 3.71. The smallest absolute Gasteiger partial charge is 0.252 e. The monoisotopic (exact) mass is 350 g/mol. The van der Waals surface area contributed by atoms with E-state index < -0.39 is 15.6 Å². The molecule has 5 nitrogen and oxygen atoms in total. The molecular weight excluding hydrogens is 336 g/mol. The molecule has 2 aromatic rings. The van der Waals surface area contributed by atoms with E-state index in [1.165, 1.54) is 12.1 Å². The summed E-state index contributed by atoms with van der Waals surface area (Å²) in [6.07, 6.45) is 0.557. The van der Waals surface area contributed by atoms with Gasteiger partial charge in [-0.05, 0) is 35.7 Å². The first kappa shape index (κ1) is 16.0. The Morgan fingerprint density at radius 2 is 1.91 bits per heavy atom. The summed E-state index contributed by atoms with van der Waals surface area (Å²) in [5, 5.41) is 8.27. The third-order valence-corrected chi connectivity index (χ3v) is 5.61. The average Bonchev–Trinajstić information content (AvgIpc) is 2.81. The van der Waals surface area contributed by atoms with Crippen LogP contribution in [0.2, 0.25) is 5.02 Å². The largest absolute Gasteiger partial charge is 0.338 e. The maximum absolute atomic E-state index is 12.3. The van der Waals surface area contributed by atoms with E-state index in [-0.39, 0.29) is 15.8 Å². The van der Waals surface area contributed by atoms with Gasteiger partial charge < -0.3 is 5.32 Å². The van der Waals surface area contributed by atoms with Crippen molar-refractivity contribution in [3.8, 4) is 0 Å². The lowest BCUT2D eigenvalue weighted by Crippen LogP contribution is -2.40. The number of carbonyl (C=O) groups is 1. The number of nitrogens with two attached hydrogens (primary N) is 1. The molecule has 120 valence electrons. The summed E-state index contributed by atoms with van der Waals surface area (Å²) in [5.41, 5.74) is 1.24. The summed E-state index contributed by atoms with van der Waals surface area (Å²) in [6.45, 7) is 1.92. The van der Waals surface area contributed by atoms with E-state index in [1.54, 1.807) is 18.2 Å². The van der Waals surface area contributed by atoms with Crippen LogP contribution in [-0.4, -0.2) is 14.3 Å². The third kappa shape index (κ3) is 2.43. The molecule has 0 aliphatic carbocycles. The lowest BCUT2D eigenvalue weighted by Gasteiger charge is -2.30. The van der Waals surface area contributed by atoms with Gasteiger partial charge >= 0.3 is 0 Å². The minimum Gasteiger partial charge on any atom is -0.338 e. The maximum atomic E-state index is 12.3. The van der Waals surface area contributed by atoms with E-state index in [1.807, 2.05) is 19.1 Å². The van der Waals surface area contributed by atoms with Crippen LogP contribution >= 0.6 is 11.6 Å². The number of hydrogen-bond acceptors (Lipinski definition) is 3. The summed E-state index contributed by atoms with van der Waals surface area (Å²) in [4.78, 5) is 12.1. The fourth-order valence-corrected chi connectivity index (χ4v) is 4.15. The number of hydrogen-bond donors (Lipinski definition) is 2. The molecule has 1 atom stereocenters. The SMILES string of the molecule is CCC1(c2ccc(Cl)c(S(N)(=O)=O)c2)NC(=O)c2ccccc21. The minimum absolute atomic E-state index is 0.0557. The first-order valence-corrected chi connectivity index (χ1v) is 8.97. The van der Waals surface area contributed by atoms with Crippen LogP contribution in [0.3, 0.4) is 0 Å². The Morgan fingerprint density at radius 1 is 1.22 bits per heavy atom. The molecule has 0 saturated heterocycles. The number of sulfonamides is 1. The lowest BCUT2D eigenvalue weighted by molar-refractivity contribution is 0.0939. The second-order valence-corrected chi connectivity index (χ2v) is 7.39. The Labute approximate surface area is 139 Å². The Balaban J connectivity index is 2.27. The van der Waals surface area contributed by atoms with Gasteiger partial charge in [-0.3, -0.25) is 4.79 Å². The summed E-state index contributed by atoms with van der Waals surface area (Å²) < 4.78 is 23.5. The molecule has 0 radical (unpaired) electrons. The second kappa shape index (κ2) is 5.33. The Bertz CT molecular complexity index is 911. The van der Waals surface area contributed by atoms with Crippen molar-refractivity contribution in [2.75, 3.05) is 0 Å². The molecule has 3 N–H and O–H groups in total. The van der Waals surface area contributed by atoms with Gasteiger partial charge in [-0.25, -0.2) is 13.6 Å². The lowest BCUT2D eigenvalue weighted by atomic mass is 9.81. The number of nitrogens with one attached hydrogen (secondary N) is 1. The zero-order chi connectivity index (χ0) is 16.8. The number of benzene rings is 2. The van der Waals surface area contributed by atoms with Gasteiger partial charge in [0, 0.05) is 5.56 Å². The predicted molar refractivity (Wildman–Crippen MR) is 87.8 cm³/mol. The van der Waals surface area contributed by atoms with Crippen LogP contribution in [0.25, 0.3) is 0 Å². The number of carbonyl (C=O) groups excluding carboxylic acids is 1. The number of amides is 1. The molecule has 2 aromatic carbocycles. The van der Waals surface area contributed by atoms with Crippen LogP contribution in [0.4, 0.5) is 0 Å². The molecule has 0 fully saturated rings. The molecule has 0 bridgehead atoms. The zero-order valence-electron chi connectivity index (χ0n) is 12.3. The minimum atomic E-state index is -3.96. The molecule has 1 unspecified atom stereocenters. The van der Waals surface area contributed by atoms with E-state index >= 15 is 0 Å². The summed E-state index contributed by atoms with van der Waals surface area (Å²) in [7, 11) is -3.96. The van der Waals surface area contributed by atoms with Crippen molar-refractivity contribution in [3.05, 3.63) is 64.2 Å². The van der Waals surface area contributed by atoms with Gasteiger partial charge in [-0.1, -0.05) is 42.8 Å². The van der Waals surface area contributed by atoms with Crippen molar-refractivity contribution in [3.63, 3.8) is 0 Å². The number of fused-ring (bicyclic) bond motifs is 1. The van der Waals surface area contributed by atoms with Gasteiger partial charge in [0.15, 0.2) is 0 Å². The highest BCUT2D eigenvalue weighted by molar-refractivity contribution is 7.89. The van der Waals surface area contributed by atoms with Crippen LogP contribution in [0.1, 0.15) is 34.8 Å². The highest BCUT2D eigenvalue weighted by atomic mass is 35.5. The normalized spacial score (nSPS) is 20.2. The summed E-state index contributed by atoms with van der Waals surface area (Å²) in [5.74, 6) is -0.186. The van der Waals surface area contributed by atoms with Gasteiger partial charge in [-0.2, -0.15) is 0 Å². The summed E-state index contributed by atoms with van der Waals surface area (Å²) in [6, 6.07) is 11.9. The van der Waals surface area contributed by atoms with Gasteiger partial charge in [0.25, 0.3) is 5.91 Å². The van der Waals surface area contributed by atoms with Crippen LogP contribution in [0, 0.1) is 0 Å². The molecule has 1 amide bonds. The molecule has 3 rings (SSSR count). The predicted octanol–water partition coefficient (Wildman–Crippen LogP) is 2.38. The van der Waals surface area contributed by atoms with Crippen LogP contribution in [-0.2, 0) is 15.6 Å². The Morgan fingerprint density at radius 3 is 2.57 bits per heavy atom. The van der Waals surface area contributed by atoms with E-state index in [9.17, 15) is 13.2 Å². The number of rotatable bonds is 3. The topological polar surface area (TPSA) is 89.3 Å². The third-order valence-electron chi connectivity index (χ3n) is 4.22. The van der Waals surface area contributed by atoms with Gasteiger partial charge in [0.2, 0.25) is 10.0 Å². The highest BCUT2D eigenvalue weighted by Gasteiger charge is 2.43. The van der Waals surface area contributed by atoms with E-state index in [0.29, 0.717) is 17.5 Å². The quantitative estimate of drug-likeness (QED) is 0.890.